The van der Waals surface area contributed by atoms with Gasteiger partial charge in [-0.1, -0.05) is 0 Å². The summed E-state index contributed by atoms with van der Waals surface area (Å²) in [5.74, 6) is -0.519. The van der Waals surface area contributed by atoms with Gasteiger partial charge in [-0.3, -0.25) is 4.79 Å². The highest BCUT2D eigenvalue weighted by atomic mass is 16.6. The number of alkyl carbamates (subject to hydrolysis) is 1. The Morgan fingerprint density at radius 3 is 2.22 bits per heavy atom. The fraction of sp³-hybridized carbons (Fsp3) is 0.700. The van der Waals surface area contributed by atoms with E-state index in [0.29, 0.717) is 0 Å². The topological polar surface area (TPSA) is 117 Å². The Balaban J connectivity index is 4.45. The lowest BCUT2D eigenvalue weighted by molar-refractivity contribution is -0.122. The second-order valence-corrected chi connectivity index (χ2v) is 4.50. The molecule has 0 spiro atoms. The van der Waals surface area contributed by atoms with Crippen molar-refractivity contribution in [2.75, 3.05) is 13.6 Å². The molecule has 0 fully saturated rings. The van der Waals surface area contributed by atoms with E-state index in [1.165, 1.54) is 7.05 Å². The third-order valence-electron chi connectivity index (χ3n) is 1.71. The van der Waals surface area contributed by atoms with Gasteiger partial charge in [0.1, 0.15) is 11.6 Å². The van der Waals surface area contributed by atoms with Crippen LogP contribution in [0, 0.1) is 0 Å². The van der Waals surface area contributed by atoms with Crippen LogP contribution in [0.1, 0.15) is 20.8 Å². The molecule has 104 valence electrons. The number of ether oxygens (including phenoxy) is 1. The minimum absolute atomic E-state index is 0.242. The smallest absolute Gasteiger partial charge is 0.408 e. The van der Waals surface area contributed by atoms with Gasteiger partial charge in [-0.05, 0) is 20.8 Å². The number of carbonyl (C=O) groups is 3. The quantitative estimate of drug-likeness (QED) is 0.563. The van der Waals surface area contributed by atoms with Crippen molar-refractivity contribution in [1.29, 1.82) is 0 Å². The summed E-state index contributed by atoms with van der Waals surface area (Å²) >= 11 is 0. The number of carboxylic acid groups (broad SMARTS) is 1. The summed E-state index contributed by atoms with van der Waals surface area (Å²) in [5.41, 5.74) is -0.697. The van der Waals surface area contributed by atoms with Crippen molar-refractivity contribution in [3.05, 3.63) is 0 Å². The predicted octanol–water partition coefficient (Wildman–Crippen LogP) is -0.107. The monoisotopic (exact) mass is 261 g/mol. The fourth-order valence-corrected chi connectivity index (χ4v) is 1.02. The molecule has 0 rings (SSSR count). The second kappa shape index (κ2) is 6.67. The maximum Gasteiger partial charge on any atom is 0.408 e. The highest BCUT2D eigenvalue weighted by Gasteiger charge is 2.23. The van der Waals surface area contributed by atoms with E-state index in [2.05, 4.69) is 10.6 Å². The largest absolute Gasteiger partial charge is 0.465 e. The van der Waals surface area contributed by atoms with E-state index in [-0.39, 0.29) is 6.54 Å². The van der Waals surface area contributed by atoms with Crippen molar-refractivity contribution in [3.63, 3.8) is 0 Å². The predicted molar refractivity (Wildman–Crippen MR) is 63.3 cm³/mol. The highest BCUT2D eigenvalue weighted by molar-refractivity contribution is 5.86. The highest BCUT2D eigenvalue weighted by Crippen LogP contribution is 2.06. The molecule has 8 heteroatoms. The van der Waals surface area contributed by atoms with Crippen LogP contribution in [0.2, 0.25) is 0 Å². The summed E-state index contributed by atoms with van der Waals surface area (Å²) in [6.45, 7) is 4.79. The lowest BCUT2D eigenvalue weighted by Crippen LogP contribution is -2.52. The average molecular weight is 261 g/mol. The number of hydrogen-bond acceptors (Lipinski definition) is 4. The standard InChI is InChI=1S/C10H19N3O5/c1-10(2,3)18-9(17)13-6(7(14)11-4)5-12-8(15)16/h6,12H,5H2,1-4H3,(H,11,14)(H,13,17)(H,15,16). The third kappa shape index (κ3) is 7.31. The lowest BCUT2D eigenvalue weighted by atomic mass is 10.2. The Kier molecular flexibility index (Phi) is 5.94. The Labute approximate surface area is 105 Å². The normalized spacial score (nSPS) is 12.2. The summed E-state index contributed by atoms with van der Waals surface area (Å²) in [6.07, 6.45) is -2.07. The zero-order valence-electron chi connectivity index (χ0n) is 10.9. The maximum absolute atomic E-state index is 11.4. The van der Waals surface area contributed by atoms with Gasteiger partial charge in [0, 0.05) is 7.05 Å². The molecular formula is C10H19N3O5. The first-order chi connectivity index (χ1) is 8.15. The molecule has 18 heavy (non-hydrogen) atoms. The third-order valence-corrected chi connectivity index (χ3v) is 1.71. The Morgan fingerprint density at radius 1 is 1.28 bits per heavy atom. The molecule has 0 aromatic rings. The molecule has 0 aliphatic heterocycles. The van der Waals surface area contributed by atoms with Crippen LogP contribution in [-0.4, -0.2) is 48.4 Å². The molecule has 4 N–H and O–H groups in total. The van der Waals surface area contributed by atoms with E-state index in [1.807, 2.05) is 5.32 Å². The van der Waals surface area contributed by atoms with Gasteiger partial charge < -0.3 is 25.8 Å². The number of rotatable bonds is 4. The van der Waals surface area contributed by atoms with Crippen LogP contribution in [0.3, 0.4) is 0 Å². The molecule has 0 aromatic heterocycles. The Morgan fingerprint density at radius 2 is 1.83 bits per heavy atom. The number of carbonyl (C=O) groups excluding carboxylic acids is 2. The van der Waals surface area contributed by atoms with Gasteiger partial charge in [-0.15, -0.1) is 0 Å². The number of hydrogen-bond donors (Lipinski definition) is 4. The summed E-state index contributed by atoms with van der Waals surface area (Å²) in [4.78, 5) is 33.2. The molecule has 1 atom stereocenters. The summed E-state index contributed by atoms with van der Waals surface area (Å²) in [6, 6.07) is -1.03. The van der Waals surface area contributed by atoms with E-state index < -0.39 is 29.7 Å². The maximum atomic E-state index is 11.4. The van der Waals surface area contributed by atoms with Gasteiger partial charge >= 0.3 is 12.2 Å². The molecule has 0 aromatic carbocycles. The van der Waals surface area contributed by atoms with Gasteiger partial charge in [0.2, 0.25) is 5.91 Å². The molecule has 0 heterocycles. The molecule has 1 unspecified atom stereocenters. The molecule has 0 aliphatic rings. The average Bonchev–Trinajstić information content (AvgIpc) is 2.20. The van der Waals surface area contributed by atoms with Gasteiger partial charge in [0.05, 0.1) is 6.54 Å². The Hall–Kier alpha value is -1.99. The van der Waals surface area contributed by atoms with Crippen LogP contribution in [0.5, 0.6) is 0 Å². The van der Waals surface area contributed by atoms with Crippen molar-refractivity contribution in [2.24, 2.45) is 0 Å². The molecule has 0 aliphatic carbocycles. The van der Waals surface area contributed by atoms with E-state index >= 15 is 0 Å². The van der Waals surface area contributed by atoms with Crippen molar-refractivity contribution < 1.29 is 24.2 Å². The number of amides is 3. The Bertz CT molecular complexity index is 324. The minimum Gasteiger partial charge on any atom is -0.465 e. The van der Waals surface area contributed by atoms with Gasteiger partial charge in [0.25, 0.3) is 0 Å². The van der Waals surface area contributed by atoms with Crippen LogP contribution in [0.25, 0.3) is 0 Å². The second-order valence-electron chi connectivity index (χ2n) is 4.50. The molecule has 0 bridgehead atoms. The first-order valence-electron chi connectivity index (χ1n) is 5.33. The zero-order chi connectivity index (χ0) is 14.3. The van der Waals surface area contributed by atoms with Crippen molar-refractivity contribution in [1.82, 2.24) is 16.0 Å². The fourth-order valence-electron chi connectivity index (χ4n) is 1.02. The van der Waals surface area contributed by atoms with E-state index in [0.717, 1.165) is 0 Å². The van der Waals surface area contributed by atoms with Gasteiger partial charge in [0.15, 0.2) is 0 Å². The van der Waals surface area contributed by atoms with Crippen LogP contribution < -0.4 is 16.0 Å². The number of nitrogens with one attached hydrogen (secondary N) is 3. The summed E-state index contributed by atoms with van der Waals surface area (Å²) < 4.78 is 4.96. The van der Waals surface area contributed by atoms with E-state index in [4.69, 9.17) is 9.84 Å². The molecule has 8 nitrogen and oxygen atoms in total. The van der Waals surface area contributed by atoms with Crippen LogP contribution in [0.15, 0.2) is 0 Å². The summed E-state index contributed by atoms with van der Waals surface area (Å²) in [5, 5.41) is 15.1. The number of likely N-dealkylation sites (N-methyl/N-ethyl adjacent to an activating group) is 1. The van der Waals surface area contributed by atoms with Crippen molar-refractivity contribution in [3.8, 4) is 0 Å². The van der Waals surface area contributed by atoms with Crippen LogP contribution in [-0.2, 0) is 9.53 Å². The van der Waals surface area contributed by atoms with Crippen LogP contribution in [0.4, 0.5) is 9.59 Å². The van der Waals surface area contributed by atoms with Crippen LogP contribution >= 0.6 is 0 Å². The van der Waals surface area contributed by atoms with Gasteiger partial charge in [-0.2, -0.15) is 0 Å². The first kappa shape index (κ1) is 16.0. The molecule has 0 saturated carbocycles. The van der Waals surface area contributed by atoms with Crippen molar-refractivity contribution in [2.45, 2.75) is 32.4 Å². The molecular weight excluding hydrogens is 242 g/mol. The first-order valence-corrected chi connectivity index (χ1v) is 5.33. The summed E-state index contributed by atoms with van der Waals surface area (Å²) in [7, 11) is 1.38. The van der Waals surface area contributed by atoms with Gasteiger partial charge in [-0.25, -0.2) is 9.59 Å². The SMILES string of the molecule is CNC(=O)C(CNC(=O)O)NC(=O)OC(C)(C)C. The zero-order valence-corrected chi connectivity index (χ0v) is 10.9. The minimum atomic E-state index is -1.28. The van der Waals surface area contributed by atoms with Crippen molar-refractivity contribution >= 4 is 18.1 Å². The lowest BCUT2D eigenvalue weighted by Gasteiger charge is -2.22. The van der Waals surface area contributed by atoms with E-state index in [9.17, 15) is 14.4 Å². The van der Waals surface area contributed by atoms with E-state index in [1.54, 1.807) is 20.8 Å². The molecule has 0 radical (unpaired) electrons. The molecule has 3 amide bonds. The molecule has 0 saturated heterocycles.